The molecule has 0 aliphatic carbocycles. The normalized spacial score (nSPS) is 28.2. The summed E-state index contributed by atoms with van der Waals surface area (Å²) in [5.74, 6) is 0.584. The van der Waals surface area contributed by atoms with E-state index in [9.17, 15) is 4.79 Å². The summed E-state index contributed by atoms with van der Waals surface area (Å²) in [5, 5.41) is 2.46. The van der Waals surface area contributed by atoms with Crippen molar-refractivity contribution in [3.05, 3.63) is 23.8 Å². The van der Waals surface area contributed by atoms with Crippen LogP contribution in [0.1, 0.15) is 18.9 Å². The molecule has 1 N–H and O–H groups in total. The van der Waals surface area contributed by atoms with E-state index in [1.54, 1.807) is 7.05 Å². The lowest BCUT2D eigenvalue weighted by molar-refractivity contribution is 0.203. The second-order valence-corrected chi connectivity index (χ2v) is 5.95. The molecule has 1 unspecified atom stereocenters. The van der Waals surface area contributed by atoms with E-state index < -0.39 is 6.09 Å². The molecular formula is C15H21N3O2. The average Bonchev–Trinajstić information content (AvgIpc) is 2.84. The zero-order chi connectivity index (χ0) is 14.5. The van der Waals surface area contributed by atoms with E-state index in [1.807, 2.05) is 12.1 Å². The molecule has 2 aliphatic heterocycles. The van der Waals surface area contributed by atoms with Crippen molar-refractivity contribution in [3.8, 4) is 5.75 Å². The fourth-order valence-corrected chi connectivity index (χ4v) is 3.78. The highest BCUT2D eigenvalue weighted by atomic mass is 16.5. The quantitative estimate of drug-likeness (QED) is 0.848. The first kappa shape index (κ1) is 13.2. The van der Waals surface area contributed by atoms with Crippen molar-refractivity contribution >= 4 is 11.8 Å². The molecule has 2 aliphatic rings. The fraction of sp³-hybridized carbons (Fsp3) is 0.533. The number of ether oxygens (including phenoxy) is 1. The summed E-state index contributed by atoms with van der Waals surface area (Å²) in [6.45, 7) is 3.43. The Labute approximate surface area is 119 Å². The van der Waals surface area contributed by atoms with E-state index in [0.717, 1.165) is 18.7 Å². The Morgan fingerprint density at radius 1 is 1.45 bits per heavy atom. The molecule has 108 valence electrons. The number of hydrogen-bond acceptors (Lipinski definition) is 4. The smallest absolute Gasteiger partial charge is 0.410 e. The summed E-state index contributed by atoms with van der Waals surface area (Å²) in [6.07, 6.45) is 1.10. The lowest BCUT2D eigenvalue weighted by Gasteiger charge is -2.32. The van der Waals surface area contributed by atoms with Gasteiger partial charge in [-0.1, -0.05) is 13.0 Å². The number of rotatable bonds is 1. The summed E-state index contributed by atoms with van der Waals surface area (Å²) in [4.78, 5) is 16.0. The van der Waals surface area contributed by atoms with Crippen molar-refractivity contribution in [1.82, 2.24) is 10.2 Å². The molecule has 3 rings (SSSR count). The molecule has 1 amide bonds. The van der Waals surface area contributed by atoms with Crippen molar-refractivity contribution in [2.45, 2.75) is 24.9 Å². The van der Waals surface area contributed by atoms with Crippen LogP contribution in [0.5, 0.6) is 5.75 Å². The number of carbonyl (C=O) groups excluding carboxylic acids is 1. The van der Waals surface area contributed by atoms with Gasteiger partial charge in [-0.2, -0.15) is 0 Å². The number of benzene rings is 1. The van der Waals surface area contributed by atoms with Crippen LogP contribution in [0.2, 0.25) is 0 Å². The first-order chi connectivity index (χ1) is 9.47. The second kappa shape index (κ2) is 4.38. The summed E-state index contributed by atoms with van der Waals surface area (Å²) in [5.41, 5.74) is 2.66. The van der Waals surface area contributed by atoms with Crippen LogP contribution in [0, 0.1) is 0 Å². The van der Waals surface area contributed by atoms with Crippen LogP contribution in [-0.2, 0) is 5.41 Å². The number of anilines is 1. The van der Waals surface area contributed by atoms with Gasteiger partial charge < -0.3 is 15.0 Å². The van der Waals surface area contributed by atoms with Gasteiger partial charge in [-0.25, -0.2) is 4.79 Å². The van der Waals surface area contributed by atoms with Gasteiger partial charge in [-0.05, 0) is 25.1 Å². The predicted molar refractivity (Wildman–Crippen MR) is 78.3 cm³/mol. The molecule has 2 atom stereocenters. The summed E-state index contributed by atoms with van der Waals surface area (Å²) >= 11 is 0. The maximum atomic E-state index is 11.3. The molecule has 5 nitrogen and oxygen atoms in total. The number of likely N-dealkylation sites (tertiary alicyclic amines) is 1. The van der Waals surface area contributed by atoms with Gasteiger partial charge in [-0.15, -0.1) is 0 Å². The number of carbonyl (C=O) groups is 1. The maximum Gasteiger partial charge on any atom is 0.412 e. The number of fused-ring (bicyclic) bond motifs is 3. The van der Waals surface area contributed by atoms with Crippen molar-refractivity contribution in [1.29, 1.82) is 0 Å². The number of nitrogens with one attached hydrogen (secondary N) is 1. The predicted octanol–water partition coefficient (Wildman–Crippen LogP) is 1.77. The number of hydrogen-bond donors (Lipinski definition) is 1. The lowest BCUT2D eigenvalue weighted by Crippen LogP contribution is -2.45. The molecule has 0 saturated carbocycles. The zero-order valence-corrected chi connectivity index (χ0v) is 12.4. The Kier molecular flexibility index (Phi) is 2.90. The second-order valence-electron chi connectivity index (χ2n) is 5.95. The van der Waals surface area contributed by atoms with E-state index in [0.29, 0.717) is 11.9 Å². The Hall–Kier alpha value is -1.75. The van der Waals surface area contributed by atoms with E-state index in [4.69, 9.17) is 4.74 Å². The minimum atomic E-state index is -0.436. The van der Waals surface area contributed by atoms with Gasteiger partial charge in [-0.3, -0.25) is 4.90 Å². The molecule has 1 aromatic carbocycles. The van der Waals surface area contributed by atoms with Crippen LogP contribution in [0.4, 0.5) is 10.5 Å². The third kappa shape index (κ3) is 1.69. The average molecular weight is 275 g/mol. The van der Waals surface area contributed by atoms with Crippen molar-refractivity contribution in [2.75, 3.05) is 32.6 Å². The summed E-state index contributed by atoms with van der Waals surface area (Å²) in [7, 11) is 5.84. The fourth-order valence-electron chi connectivity index (χ4n) is 3.78. The first-order valence-electron chi connectivity index (χ1n) is 6.94. The third-order valence-electron chi connectivity index (χ3n) is 4.72. The van der Waals surface area contributed by atoms with Gasteiger partial charge in [0.25, 0.3) is 0 Å². The molecule has 0 aromatic heterocycles. The van der Waals surface area contributed by atoms with Crippen molar-refractivity contribution in [2.24, 2.45) is 0 Å². The molecule has 1 fully saturated rings. The van der Waals surface area contributed by atoms with Gasteiger partial charge in [0.2, 0.25) is 0 Å². The minimum Gasteiger partial charge on any atom is -0.410 e. The Morgan fingerprint density at radius 3 is 2.90 bits per heavy atom. The zero-order valence-electron chi connectivity index (χ0n) is 12.4. The summed E-state index contributed by atoms with van der Waals surface area (Å²) < 4.78 is 5.23. The van der Waals surface area contributed by atoms with Gasteiger partial charge in [0, 0.05) is 37.8 Å². The van der Waals surface area contributed by atoms with Crippen LogP contribution in [0.3, 0.4) is 0 Å². The van der Waals surface area contributed by atoms with Crippen molar-refractivity contribution in [3.63, 3.8) is 0 Å². The SMILES string of the molecule is CNC(=O)Oc1ccc2c(c1)N(C)C1N(C)CC[C@@]21C. The monoisotopic (exact) mass is 275 g/mol. The highest BCUT2D eigenvalue weighted by Crippen LogP contribution is 2.51. The maximum absolute atomic E-state index is 11.3. The molecule has 20 heavy (non-hydrogen) atoms. The Balaban J connectivity index is 1.98. The van der Waals surface area contributed by atoms with E-state index in [2.05, 4.69) is 42.2 Å². The van der Waals surface area contributed by atoms with Crippen molar-refractivity contribution < 1.29 is 9.53 Å². The molecule has 1 aromatic rings. The third-order valence-corrected chi connectivity index (χ3v) is 4.72. The van der Waals surface area contributed by atoms with Crippen LogP contribution in [-0.4, -0.2) is 44.8 Å². The summed E-state index contributed by atoms with van der Waals surface area (Å²) in [6, 6.07) is 5.94. The number of likely N-dealkylation sites (N-methyl/N-ethyl adjacent to an activating group) is 2. The molecule has 2 heterocycles. The topological polar surface area (TPSA) is 44.8 Å². The molecule has 5 heteroatoms. The molecular weight excluding hydrogens is 254 g/mol. The van der Waals surface area contributed by atoms with E-state index in [-0.39, 0.29) is 5.41 Å². The van der Waals surface area contributed by atoms with Crippen LogP contribution >= 0.6 is 0 Å². The molecule has 0 radical (unpaired) electrons. The first-order valence-corrected chi connectivity index (χ1v) is 6.94. The van der Waals surface area contributed by atoms with Gasteiger partial charge in [0.1, 0.15) is 5.75 Å². The number of nitrogens with zero attached hydrogens (tertiary/aromatic N) is 2. The van der Waals surface area contributed by atoms with Gasteiger partial charge in [0.05, 0.1) is 6.17 Å². The van der Waals surface area contributed by atoms with Crippen LogP contribution in [0.15, 0.2) is 18.2 Å². The largest absolute Gasteiger partial charge is 0.412 e. The lowest BCUT2D eigenvalue weighted by atomic mass is 9.81. The highest BCUT2D eigenvalue weighted by molar-refractivity contribution is 5.72. The van der Waals surface area contributed by atoms with Crippen LogP contribution in [0.25, 0.3) is 0 Å². The Morgan fingerprint density at radius 2 is 2.20 bits per heavy atom. The van der Waals surface area contributed by atoms with E-state index >= 15 is 0 Å². The standard InChI is InChI=1S/C15H21N3O2/c1-15-7-8-17(3)13(15)18(4)12-9-10(5-6-11(12)15)20-14(19)16-2/h5-6,9,13H,7-8H2,1-4H3,(H,16,19)/t13?,15-/m0/s1. The van der Waals surface area contributed by atoms with Crippen LogP contribution < -0.4 is 15.0 Å². The Bertz CT molecular complexity index is 560. The minimum absolute atomic E-state index is 0.157. The molecule has 1 saturated heterocycles. The highest BCUT2D eigenvalue weighted by Gasteiger charge is 2.52. The number of amides is 1. The molecule has 0 spiro atoms. The van der Waals surface area contributed by atoms with Gasteiger partial charge in [0.15, 0.2) is 0 Å². The van der Waals surface area contributed by atoms with E-state index in [1.165, 1.54) is 5.56 Å². The molecule has 0 bridgehead atoms. The van der Waals surface area contributed by atoms with Gasteiger partial charge >= 0.3 is 6.09 Å².